The van der Waals surface area contributed by atoms with Crippen LogP contribution in [0.2, 0.25) is 0 Å². The van der Waals surface area contributed by atoms with E-state index in [9.17, 15) is 0 Å². The minimum Gasteiger partial charge on any atom is -0.497 e. The van der Waals surface area contributed by atoms with Gasteiger partial charge in [0.2, 0.25) is 0 Å². The molecule has 3 rings (SSSR count). The van der Waals surface area contributed by atoms with Crippen molar-refractivity contribution in [3.05, 3.63) is 54.5 Å². The summed E-state index contributed by atoms with van der Waals surface area (Å²) in [7, 11) is 3.60. The fraction of sp³-hybridized carbons (Fsp3) is 0.188. The molecule has 0 fully saturated rings. The van der Waals surface area contributed by atoms with Gasteiger partial charge in [-0.15, -0.1) is 0 Å². The second kappa shape index (κ2) is 5.35. The van der Waals surface area contributed by atoms with Crippen molar-refractivity contribution in [3.63, 3.8) is 0 Å². The number of imidazole rings is 1. The van der Waals surface area contributed by atoms with Crippen LogP contribution in [0.4, 0.5) is 0 Å². The molecule has 0 saturated carbocycles. The van der Waals surface area contributed by atoms with Gasteiger partial charge in [-0.1, -0.05) is 6.07 Å². The van der Waals surface area contributed by atoms with Gasteiger partial charge in [-0.05, 0) is 43.4 Å². The Kier molecular flexibility index (Phi) is 3.39. The van der Waals surface area contributed by atoms with Crippen molar-refractivity contribution < 1.29 is 4.74 Å². The van der Waals surface area contributed by atoms with Gasteiger partial charge < -0.3 is 14.5 Å². The molecule has 0 saturated heterocycles. The lowest BCUT2D eigenvalue weighted by Crippen LogP contribution is -2.08. The van der Waals surface area contributed by atoms with Gasteiger partial charge in [0.15, 0.2) is 0 Å². The van der Waals surface area contributed by atoms with E-state index in [1.165, 1.54) is 0 Å². The van der Waals surface area contributed by atoms with Crippen molar-refractivity contribution in [2.24, 2.45) is 0 Å². The molecule has 3 aromatic rings. The molecule has 0 aliphatic heterocycles. The van der Waals surface area contributed by atoms with Crippen LogP contribution in [0.5, 0.6) is 5.75 Å². The predicted molar refractivity (Wildman–Crippen MR) is 79.9 cm³/mol. The van der Waals surface area contributed by atoms with Crippen molar-refractivity contribution in [1.29, 1.82) is 0 Å². The third-order valence-corrected chi connectivity index (χ3v) is 3.32. The summed E-state index contributed by atoms with van der Waals surface area (Å²) in [5, 5.41) is 3.16. The molecule has 102 valence electrons. The molecule has 4 heteroatoms. The van der Waals surface area contributed by atoms with Crippen LogP contribution >= 0.6 is 0 Å². The van der Waals surface area contributed by atoms with E-state index in [-0.39, 0.29) is 0 Å². The van der Waals surface area contributed by atoms with E-state index in [2.05, 4.69) is 15.8 Å². The molecular formula is C16H17N3O. The van der Waals surface area contributed by atoms with Gasteiger partial charge in [0.25, 0.3) is 0 Å². The Morgan fingerprint density at radius 3 is 2.65 bits per heavy atom. The minimum absolute atomic E-state index is 0.737. The first-order valence-electron chi connectivity index (χ1n) is 6.58. The van der Waals surface area contributed by atoms with Gasteiger partial charge >= 0.3 is 0 Å². The Bertz CT molecular complexity index is 716. The van der Waals surface area contributed by atoms with Crippen LogP contribution in [0.3, 0.4) is 0 Å². The number of hydrogen-bond acceptors (Lipinski definition) is 3. The number of ether oxygens (including phenoxy) is 1. The molecule has 0 spiro atoms. The fourth-order valence-electron chi connectivity index (χ4n) is 2.35. The van der Waals surface area contributed by atoms with Crippen molar-refractivity contribution in [1.82, 2.24) is 14.7 Å². The predicted octanol–water partition coefficient (Wildman–Crippen LogP) is 2.73. The highest BCUT2D eigenvalue weighted by Crippen LogP contribution is 2.26. The van der Waals surface area contributed by atoms with Crippen LogP contribution in [-0.2, 0) is 6.54 Å². The Labute approximate surface area is 118 Å². The Morgan fingerprint density at radius 1 is 1.15 bits per heavy atom. The van der Waals surface area contributed by atoms with Crippen LogP contribution in [0, 0.1) is 0 Å². The SMILES string of the molecule is CNCc1nc(-c2ccc(OC)cc2)c2ccccn12. The highest BCUT2D eigenvalue weighted by atomic mass is 16.5. The fourth-order valence-corrected chi connectivity index (χ4v) is 2.35. The number of methoxy groups -OCH3 is 1. The lowest BCUT2D eigenvalue weighted by Gasteiger charge is -2.01. The quantitative estimate of drug-likeness (QED) is 0.790. The molecule has 20 heavy (non-hydrogen) atoms. The summed E-state index contributed by atoms with van der Waals surface area (Å²) in [4.78, 5) is 4.76. The van der Waals surface area contributed by atoms with Crippen LogP contribution in [0.1, 0.15) is 5.82 Å². The van der Waals surface area contributed by atoms with E-state index < -0.39 is 0 Å². The standard InChI is InChI=1S/C16H17N3O/c1-17-11-15-18-16(14-5-3-4-10-19(14)15)12-6-8-13(20-2)9-7-12/h3-10,17H,11H2,1-2H3. The second-order valence-electron chi connectivity index (χ2n) is 4.59. The third-order valence-electron chi connectivity index (χ3n) is 3.32. The maximum atomic E-state index is 5.20. The molecular weight excluding hydrogens is 250 g/mol. The van der Waals surface area contributed by atoms with Crippen molar-refractivity contribution in [2.75, 3.05) is 14.2 Å². The van der Waals surface area contributed by atoms with Crippen molar-refractivity contribution >= 4 is 5.52 Å². The van der Waals surface area contributed by atoms with E-state index in [4.69, 9.17) is 9.72 Å². The average Bonchev–Trinajstić information content (AvgIpc) is 2.87. The molecule has 0 aliphatic carbocycles. The lowest BCUT2D eigenvalue weighted by atomic mass is 10.1. The maximum Gasteiger partial charge on any atom is 0.128 e. The summed E-state index contributed by atoms with van der Waals surface area (Å²) in [6.07, 6.45) is 2.04. The van der Waals surface area contributed by atoms with E-state index in [1.807, 2.05) is 49.6 Å². The van der Waals surface area contributed by atoms with E-state index >= 15 is 0 Å². The first-order valence-corrected chi connectivity index (χ1v) is 6.58. The summed E-state index contributed by atoms with van der Waals surface area (Å²) >= 11 is 0. The lowest BCUT2D eigenvalue weighted by molar-refractivity contribution is 0.415. The number of aromatic nitrogens is 2. The normalized spacial score (nSPS) is 10.9. The Balaban J connectivity index is 2.14. The second-order valence-corrected chi connectivity index (χ2v) is 4.59. The summed E-state index contributed by atoms with van der Waals surface area (Å²) in [6, 6.07) is 14.1. The molecule has 0 bridgehead atoms. The number of benzene rings is 1. The minimum atomic E-state index is 0.737. The monoisotopic (exact) mass is 267 g/mol. The Morgan fingerprint density at radius 2 is 1.95 bits per heavy atom. The van der Waals surface area contributed by atoms with Gasteiger partial charge in [-0.25, -0.2) is 4.98 Å². The first kappa shape index (κ1) is 12.7. The van der Waals surface area contributed by atoms with Gasteiger partial charge in [-0.2, -0.15) is 0 Å². The van der Waals surface area contributed by atoms with Gasteiger partial charge in [0.05, 0.1) is 24.9 Å². The molecule has 2 aromatic heterocycles. The van der Waals surface area contributed by atoms with Crippen LogP contribution in [0.25, 0.3) is 16.8 Å². The molecule has 0 amide bonds. The van der Waals surface area contributed by atoms with E-state index in [1.54, 1.807) is 7.11 Å². The molecule has 1 aromatic carbocycles. The van der Waals surface area contributed by atoms with Crippen LogP contribution in [0.15, 0.2) is 48.7 Å². The zero-order valence-corrected chi connectivity index (χ0v) is 11.6. The third kappa shape index (κ3) is 2.14. The van der Waals surface area contributed by atoms with E-state index in [0.29, 0.717) is 0 Å². The number of hydrogen-bond donors (Lipinski definition) is 1. The van der Waals surface area contributed by atoms with Crippen LogP contribution in [-0.4, -0.2) is 23.5 Å². The van der Waals surface area contributed by atoms with Gasteiger partial charge in [0, 0.05) is 11.8 Å². The topological polar surface area (TPSA) is 38.6 Å². The molecule has 0 atom stereocenters. The molecule has 2 heterocycles. The smallest absolute Gasteiger partial charge is 0.128 e. The zero-order valence-electron chi connectivity index (χ0n) is 11.6. The highest BCUT2D eigenvalue weighted by molar-refractivity contribution is 5.77. The zero-order chi connectivity index (χ0) is 13.9. The molecule has 1 N–H and O–H groups in total. The van der Waals surface area contributed by atoms with Crippen molar-refractivity contribution in [3.8, 4) is 17.0 Å². The van der Waals surface area contributed by atoms with Gasteiger partial charge in [0.1, 0.15) is 11.6 Å². The largest absolute Gasteiger partial charge is 0.497 e. The Hall–Kier alpha value is -2.33. The number of fused-ring (bicyclic) bond motifs is 1. The summed E-state index contributed by atoms with van der Waals surface area (Å²) in [5.74, 6) is 1.86. The molecule has 4 nitrogen and oxygen atoms in total. The number of rotatable bonds is 4. The highest BCUT2D eigenvalue weighted by Gasteiger charge is 2.11. The first-order chi connectivity index (χ1) is 9.83. The number of pyridine rings is 1. The van der Waals surface area contributed by atoms with Crippen LogP contribution < -0.4 is 10.1 Å². The maximum absolute atomic E-state index is 5.20. The molecule has 0 radical (unpaired) electrons. The summed E-state index contributed by atoms with van der Waals surface area (Å²) < 4.78 is 7.32. The van der Waals surface area contributed by atoms with Crippen molar-refractivity contribution in [2.45, 2.75) is 6.54 Å². The average molecular weight is 267 g/mol. The summed E-state index contributed by atoms with van der Waals surface area (Å²) in [6.45, 7) is 0.737. The molecule has 0 aliphatic rings. The summed E-state index contributed by atoms with van der Waals surface area (Å²) in [5.41, 5.74) is 3.21. The number of nitrogens with zero attached hydrogens (tertiary/aromatic N) is 2. The molecule has 0 unspecified atom stereocenters. The van der Waals surface area contributed by atoms with Gasteiger partial charge in [-0.3, -0.25) is 0 Å². The number of nitrogens with one attached hydrogen (secondary N) is 1. The van der Waals surface area contributed by atoms with E-state index in [0.717, 1.165) is 34.9 Å².